The maximum Gasteiger partial charge on any atom is 0.118 e. The normalized spacial score (nSPS) is 18.5. The van der Waals surface area contributed by atoms with Gasteiger partial charge in [0.25, 0.3) is 0 Å². The zero-order chi connectivity index (χ0) is 13.1. The Morgan fingerprint density at radius 1 is 1.05 bits per heavy atom. The van der Waals surface area contributed by atoms with E-state index in [4.69, 9.17) is 4.74 Å². The molecule has 3 rings (SSSR count). The van der Waals surface area contributed by atoms with Crippen molar-refractivity contribution in [2.75, 3.05) is 20.2 Å². The summed E-state index contributed by atoms with van der Waals surface area (Å²) in [5.74, 6) is 1.57. The van der Waals surface area contributed by atoms with Crippen molar-refractivity contribution in [1.82, 2.24) is 5.32 Å². The summed E-state index contributed by atoms with van der Waals surface area (Å²) in [6.07, 6.45) is 1.24. The van der Waals surface area contributed by atoms with Crippen LogP contribution >= 0.6 is 0 Å². The van der Waals surface area contributed by atoms with E-state index in [0.29, 0.717) is 5.92 Å². The van der Waals surface area contributed by atoms with E-state index >= 15 is 0 Å². The third-order valence-corrected chi connectivity index (χ3v) is 3.84. The molecule has 0 aromatic heterocycles. The van der Waals surface area contributed by atoms with Gasteiger partial charge in [0.05, 0.1) is 7.11 Å². The molecule has 1 unspecified atom stereocenters. The number of methoxy groups -OCH3 is 1. The van der Waals surface area contributed by atoms with Gasteiger partial charge in [0.2, 0.25) is 0 Å². The average Bonchev–Trinajstić information content (AvgIpc) is 3.02. The first-order valence-electron chi connectivity index (χ1n) is 6.82. The molecule has 0 radical (unpaired) electrons. The van der Waals surface area contributed by atoms with Gasteiger partial charge < -0.3 is 10.1 Å². The molecule has 0 amide bonds. The molecule has 19 heavy (non-hydrogen) atoms. The Labute approximate surface area is 114 Å². The van der Waals surface area contributed by atoms with Crippen LogP contribution in [0.4, 0.5) is 0 Å². The Hall–Kier alpha value is -1.80. The Balaban J connectivity index is 1.89. The molecule has 1 aliphatic rings. The quantitative estimate of drug-likeness (QED) is 0.904. The molecule has 1 heterocycles. The van der Waals surface area contributed by atoms with Crippen LogP contribution in [0.2, 0.25) is 0 Å². The minimum absolute atomic E-state index is 0.665. The Morgan fingerprint density at radius 3 is 2.58 bits per heavy atom. The molecule has 2 aromatic carbocycles. The molecule has 0 spiro atoms. The lowest BCUT2D eigenvalue weighted by atomic mass is 9.94. The smallest absolute Gasteiger partial charge is 0.118 e. The molecule has 2 nitrogen and oxygen atoms in total. The third kappa shape index (κ3) is 2.64. The van der Waals surface area contributed by atoms with Gasteiger partial charge in [-0.1, -0.05) is 36.4 Å². The topological polar surface area (TPSA) is 21.3 Å². The van der Waals surface area contributed by atoms with Crippen LogP contribution in [0.3, 0.4) is 0 Å². The number of nitrogens with one attached hydrogen (secondary N) is 1. The monoisotopic (exact) mass is 253 g/mol. The molecule has 1 atom stereocenters. The van der Waals surface area contributed by atoms with Gasteiger partial charge in [-0.25, -0.2) is 0 Å². The number of benzene rings is 2. The van der Waals surface area contributed by atoms with Crippen molar-refractivity contribution < 1.29 is 4.74 Å². The van der Waals surface area contributed by atoms with E-state index in [2.05, 4.69) is 41.7 Å². The minimum atomic E-state index is 0.665. The van der Waals surface area contributed by atoms with Gasteiger partial charge in [-0.05, 0) is 47.7 Å². The lowest BCUT2D eigenvalue weighted by Gasteiger charge is -2.11. The molecular formula is C17H19NO. The predicted octanol–water partition coefficient (Wildman–Crippen LogP) is 3.44. The second kappa shape index (κ2) is 5.45. The molecule has 98 valence electrons. The van der Waals surface area contributed by atoms with Gasteiger partial charge in [0, 0.05) is 6.54 Å². The summed E-state index contributed by atoms with van der Waals surface area (Å²) in [5.41, 5.74) is 3.97. The van der Waals surface area contributed by atoms with Gasteiger partial charge in [-0.2, -0.15) is 0 Å². The summed E-state index contributed by atoms with van der Waals surface area (Å²) < 4.78 is 5.20. The van der Waals surface area contributed by atoms with Crippen LogP contribution in [0, 0.1) is 0 Å². The summed E-state index contributed by atoms with van der Waals surface area (Å²) >= 11 is 0. The van der Waals surface area contributed by atoms with Gasteiger partial charge >= 0.3 is 0 Å². The Morgan fingerprint density at radius 2 is 1.89 bits per heavy atom. The first kappa shape index (κ1) is 12.2. The Bertz CT molecular complexity index is 541. The Kier molecular flexibility index (Phi) is 3.51. The fourth-order valence-electron chi connectivity index (χ4n) is 2.69. The van der Waals surface area contributed by atoms with Crippen LogP contribution in [-0.4, -0.2) is 20.2 Å². The molecule has 2 heteroatoms. The van der Waals surface area contributed by atoms with Crippen molar-refractivity contribution in [3.63, 3.8) is 0 Å². The van der Waals surface area contributed by atoms with Crippen molar-refractivity contribution in [2.45, 2.75) is 12.3 Å². The second-order valence-corrected chi connectivity index (χ2v) is 5.04. The van der Waals surface area contributed by atoms with E-state index in [9.17, 15) is 0 Å². The standard InChI is InChI=1S/C17H19NO/c1-19-17-7-5-13(6-8-17)14-3-2-4-15(11-14)16-9-10-18-12-16/h2-8,11,16,18H,9-10,12H2,1H3. The molecular weight excluding hydrogens is 234 g/mol. The molecule has 1 saturated heterocycles. The lowest BCUT2D eigenvalue weighted by molar-refractivity contribution is 0.415. The molecule has 1 fully saturated rings. The highest BCUT2D eigenvalue weighted by atomic mass is 16.5. The molecule has 0 bridgehead atoms. The van der Waals surface area contributed by atoms with Crippen molar-refractivity contribution >= 4 is 0 Å². The van der Waals surface area contributed by atoms with E-state index in [-0.39, 0.29) is 0 Å². The van der Waals surface area contributed by atoms with Crippen molar-refractivity contribution in [3.05, 3.63) is 54.1 Å². The van der Waals surface area contributed by atoms with E-state index in [1.807, 2.05) is 12.1 Å². The first-order chi connectivity index (χ1) is 9.36. The highest BCUT2D eigenvalue weighted by molar-refractivity contribution is 5.65. The van der Waals surface area contributed by atoms with Crippen LogP contribution in [0.25, 0.3) is 11.1 Å². The van der Waals surface area contributed by atoms with Crippen molar-refractivity contribution in [2.24, 2.45) is 0 Å². The van der Waals surface area contributed by atoms with Gasteiger partial charge in [0.1, 0.15) is 5.75 Å². The fourth-order valence-corrected chi connectivity index (χ4v) is 2.69. The number of hydrogen-bond acceptors (Lipinski definition) is 2. The van der Waals surface area contributed by atoms with Gasteiger partial charge in [0.15, 0.2) is 0 Å². The third-order valence-electron chi connectivity index (χ3n) is 3.84. The number of rotatable bonds is 3. The maximum atomic E-state index is 5.20. The van der Waals surface area contributed by atoms with E-state index in [0.717, 1.165) is 18.8 Å². The zero-order valence-electron chi connectivity index (χ0n) is 11.2. The van der Waals surface area contributed by atoms with Crippen molar-refractivity contribution in [1.29, 1.82) is 0 Å². The average molecular weight is 253 g/mol. The second-order valence-electron chi connectivity index (χ2n) is 5.04. The van der Waals surface area contributed by atoms with E-state index in [1.165, 1.54) is 23.1 Å². The highest BCUT2D eigenvalue weighted by Gasteiger charge is 2.16. The predicted molar refractivity (Wildman–Crippen MR) is 78.7 cm³/mol. The van der Waals surface area contributed by atoms with Crippen LogP contribution in [-0.2, 0) is 0 Å². The summed E-state index contributed by atoms with van der Waals surface area (Å²) in [7, 11) is 1.70. The first-order valence-corrected chi connectivity index (χ1v) is 6.82. The molecule has 2 aromatic rings. The van der Waals surface area contributed by atoms with Gasteiger partial charge in [-0.15, -0.1) is 0 Å². The summed E-state index contributed by atoms with van der Waals surface area (Å²) in [6, 6.07) is 17.2. The van der Waals surface area contributed by atoms with Crippen LogP contribution < -0.4 is 10.1 Å². The van der Waals surface area contributed by atoms with Crippen LogP contribution in [0.5, 0.6) is 5.75 Å². The molecule has 0 aliphatic carbocycles. The number of ether oxygens (including phenoxy) is 1. The highest BCUT2D eigenvalue weighted by Crippen LogP contribution is 2.28. The fraction of sp³-hybridized carbons (Fsp3) is 0.294. The molecule has 1 aliphatic heterocycles. The summed E-state index contributed by atoms with van der Waals surface area (Å²) in [6.45, 7) is 2.24. The van der Waals surface area contributed by atoms with E-state index < -0.39 is 0 Å². The van der Waals surface area contributed by atoms with Crippen molar-refractivity contribution in [3.8, 4) is 16.9 Å². The molecule has 0 saturated carbocycles. The largest absolute Gasteiger partial charge is 0.497 e. The lowest BCUT2D eigenvalue weighted by Crippen LogP contribution is -2.07. The minimum Gasteiger partial charge on any atom is -0.497 e. The maximum absolute atomic E-state index is 5.20. The van der Waals surface area contributed by atoms with Crippen LogP contribution in [0.15, 0.2) is 48.5 Å². The van der Waals surface area contributed by atoms with Crippen LogP contribution in [0.1, 0.15) is 17.9 Å². The zero-order valence-corrected chi connectivity index (χ0v) is 11.2. The summed E-state index contributed by atoms with van der Waals surface area (Å²) in [5, 5.41) is 3.43. The molecule has 1 N–H and O–H groups in total. The van der Waals surface area contributed by atoms with E-state index in [1.54, 1.807) is 7.11 Å². The number of hydrogen-bond donors (Lipinski definition) is 1. The van der Waals surface area contributed by atoms with Gasteiger partial charge in [-0.3, -0.25) is 0 Å². The summed E-state index contributed by atoms with van der Waals surface area (Å²) in [4.78, 5) is 0. The SMILES string of the molecule is COc1ccc(-c2cccc(C3CCNC3)c2)cc1.